The van der Waals surface area contributed by atoms with Gasteiger partial charge >= 0.3 is 5.76 Å². The first kappa shape index (κ1) is 14.8. The van der Waals surface area contributed by atoms with Crippen LogP contribution in [0.1, 0.15) is 42.8 Å². The molecule has 0 fully saturated rings. The number of aryl methyl sites for hydroxylation is 2. The molecule has 2 aromatic heterocycles. The standard InChI is InChI=1S/C18H18N2O4/c1-3-4-10-5-6-15(23-10)12-8-17(21)19-13-9-14-16(7-11(12)13)24-18(22)20(14)2/h5-7,9,12H,3-4,8H2,1-2H3,(H,19,21)/t12-/m1/s1. The Morgan fingerprint density at radius 1 is 1.25 bits per heavy atom. The van der Waals surface area contributed by atoms with E-state index in [1.165, 1.54) is 4.57 Å². The van der Waals surface area contributed by atoms with Gasteiger partial charge in [0.25, 0.3) is 0 Å². The Hall–Kier alpha value is -2.76. The molecule has 1 atom stereocenters. The fraction of sp³-hybridized carbons (Fsp3) is 0.333. The van der Waals surface area contributed by atoms with Crippen molar-refractivity contribution in [3.05, 3.63) is 51.9 Å². The minimum absolute atomic E-state index is 0.0613. The summed E-state index contributed by atoms with van der Waals surface area (Å²) in [5.41, 5.74) is 2.79. The van der Waals surface area contributed by atoms with Gasteiger partial charge in [0.15, 0.2) is 5.58 Å². The molecule has 1 N–H and O–H groups in total. The minimum Gasteiger partial charge on any atom is -0.465 e. The highest BCUT2D eigenvalue weighted by Gasteiger charge is 2.30. The van der Waals surface area contributed by atoms with Crippen LogP contribution in [0.15, 0.2) is 37.9 Å². The highest BCUT2D eigenvalue weighted by molar-refractivity contribution is 5.97. The molecule has 3 heterocycles. The minimum atomic E-state index is -0.418. The molecule has 1 amide bonds. The van der Waals surface area contributed by atoms with Crippen LogP contribution < -0.4 is 11.1 Å². The normalized spacial score (nSPS) is 17.1. The van der Waals surface area contributed by atoms with Crippen molar-refractivity contribution in [1.29, 1.82) is 0 Å². The third-order valence-corrected chi connectivity index (χ3v) is 4.52. The number of anilines is 1. The highest BCUT2D eigenvalue weighted by atomic mass is 16.4. The first-order valence-corrected chi connectivity index (χ1v) is 8.08. The number of carbonyl (C=O) groups excluding carboxylic acids is 1. The lowest BCUT2D eigenvalue weighted by atomic mass is 9.88. The number of furan rings is 1. The molecule has 6 nitrogen and oxygen atoms in total. The molecular weight excluding hydrogens is 308 g/mol. The van der Waals surface area contributed by atoms with Crippen molar-refractivity contribution in [2.45, 2.75) is 32.1 Å². The third-order valence-electron chi connectivity index (χ3n) is 4.52. The predicted molar refractivity (Wildman–Crippen MR) is 89.2 cm³/mol. The van der Waals surface area contributed by atoms with Crippen molar-refractivity contribution >= 4 is 22.7 Å². The first-order chi connectivity index (χ1) is 11.6. The second-order valence-electron chi connectivity index (χ2n) is 6.19. The van der Waals surface area contributed by atoms with Crippen LogP contribution in [0.5, 0.6) is 0 Å². The Morgan fingerprint density at radius 2 is 2.08 bits per heavy atom. The van der Waals surface area contributed by atoms with E-state index < -0.39 is 5.76 Å². The van der Waals surface area contributed by atoms with Crippen molar-refractivity contribution in [3.63, 3.8) is 0 Å². The topological polar surface area (TPSA) is 77.4 Å². The summed E-state index contributed by atoms with van der Waals surface area (Å²) in [5.74, 6) is 1.04. The van der Waals surface area contributed by atoms with E-state index in [4.69, 9.17) is 8.83 Å². The van der Waals surface area contributed by atoms with Crippen LogP contribution in [-0.2, 0) is 18.3 Å². The molecule has 0 aliphatic carbocycles. The summed E-state index contributed by atoms with van der Waals surface area (Å²) in [6.07, 6.45) is 2.19. The van der Waals surface area contributed by atoms with E-state index in [1.54, 1.807) is 13.1 Å². The van der Waals surface area contributed by atoms with Crippen LogP contribution in [0.25, 0.3) is 11.1 Å². The molecule has 0 bridgehead atoms. The van der Waals surface area contributed by atoms with Crippen LogP contribution in [-0.4, -0.2) is 10.5 Å². The zero-order chi connectivity index (χ0) is 16.8. The molecule has 0 unspecified atom stereocenters. The average Bonchev–Trinajstić information content (AvgIpc) is 3.11. The van der Waals surface area contributed by atoms with Crippen LogP contribution in [0.2, 0.25) is 0 Å². The number of nitrogens with zero attached hydrogens (tertiary/aromatic N) is 1. The quantitative estimate of drug-likeness (QED) is 0.802. The number of nitrogens with one attached hydrogen (secondary N) is 1. The molecule has 6 heteroatoms. The van der Waals surface area contributed by atoms with Gasteiger partial charge in [-0.05, 0) is 36.2 Å². The number of hydrogen-bond donors (Lipinski definition) is 1. The maximum atomic E-state index is 12.1. The number of hydrogen-bond acceptors (Lipinski definition) is 4. The number of carbonyl (C=O) groups is 1. The van der Waals surface area contributed by atoms with Gasteiger partial charge in [-0.15, -0.1) is 0 Å². The van der Waals surface area contributed by atoms with Crippen LogP contribution >= 0.6 is 0 Å². The fourth-order valence-electron chi connectivity index (χ4n) is 3.30. The Morgan fingerprint density at radius 3 is 2.88 bits per heavy atom. The van der Waals surface area contributed by atoms with Gasteiger partial charge in [0.1, 0.15) is 11.5 Å². The molecule has 124 valence electrons. The molecule has 3 aromatic rings. The second-order valence-corrected chi connectivity index (χ2v) is 6.19. The Bertz CT molecular complexity index is 992. The highest BCUT2D eigenvalue weighted by Crippen LogP contribution is 2.39. The summed E-state index contributed by atoms with van der Waals surface area (Å²) in [6, 6.07) is 7.52. The monoisotopic (exact) mass is 326 g/mol. The van der Waals surface area contributed by atoms with Crippen LogP contribution in [0.3, 0.4) is 0 Å². The van der Waals surface area contributed by atoms with Crippen molar-refractivity contribution in [2.75, 3.05) is 5.32 Å². The molecule has 0 radical (unpaired) electrons. The van der Waals surface area contributed by atoms with Gasteiger partial charge in [-0.2, -0.15) is 0 Å². The summed E-state index contributed by atoms with van der Waals surface area (Å²) in [7, 11) is 1.65. The maximum absolute atomic E-state index is 12.1. The number of rotatable bonds is 3. The summed E-state index contributed by atoms with van der Waals surface area (Å²) in [4.78, 5) is 23.9. The lowest BCUT2D eigenvalue weighted by molar-refractivity contribution is -0.116. The molecule has 1 aliphatic rings. The summed E-state index contributed by atoms with van der Waals surface area (Å²) in [6.45, 7) is 2.10. The van der Waals surface area contributed by atoms with E-state index >= 15 is 0 Å². The van der Waals surface area contributed by atoms with Gasteiger partial charge in [0.2, 0.25) is 5.91 Å². The molecule has 24 heavy (non-hydrogen) atoms. The summed E-state index contributed by atoms with van der Waals surface area (Å²) >= 11 is 0. The fourth-order valence-corrected chi connectivity index (χ4v) is 3.30. The lowest BCUT2D eigenvalue weighted by Crippen LogP contribution is -2.23. The van der Waals surface area contributed by atoms with E-state index in [0.29, 0.717) is 23.2 Å². The average molecular weight is 326 g/mol. The van der Waals surface area contributed by atoms with Gasteiger partial charge in [0.05, 0.1) is 11.4 Å². The molecule has 1 aromatic carbocycles. The zero-order valence-electron chi connectivity index (χ0n) is 13.6. The predicted octanol–water partition coefficient (Wildman–Crippen LogP) is 3.15. The Balaban J connectivity index is 1.85. The number of fused-ring (bicyclic) bond motifs is 2. The molecule has 0 saturated carbocycles. The molecule has 4 rings (SSSR count). The lowest BCUT2D eigenvalue weighted by Gasteiger charge is -2.24. The molecule has 0 spiro atoms. The van der Waals surface area contributed by atoms with E-state index in [1.807, 2.05) is 18.2 Å². The smallest absolute Gasteiger partial charge is 0.419 e. The third kappa shape index (κ3) is 2.26. The Labute approximate surface area is 138 Å². The number of aromatic nitrogens is 1. The van der Waals surface area contributed by atoms with Gasteiger partial charge in [0, 0.05) is 25.6 Å². The number of amides is 1. The van der Waals surface area contributed by atoms with Crippen molar-refractivity contribution < 1.29 is 13.6 Å². The van der Waals surface area contributed by atoms with Gasteiger partial charge < -0.3 is 14.2 Å². The molecule has 1 aliphatic heterocycles. The number of oxazole rings is 1. The molecular formula is C18H18N2O4. The first-order valence-electron chi connectivity index (χ1n) is 8.08. The largest absolute Gasteiger partial charge is 0.465 e. The Kier molecular flexibility index (Phi) is 3.33. The van der Waals surface area contributed by atoms with Crippen LogP contribution in [0.4, 0.5) is 5.69 Å². The SMILES string of the molecule is CCCc1ccc([C@@H]2CC(=O)Nc3cc4c(cc32)oc(=O)n4C)o1. The maximum Gasteiger partial charge on any atom is 0.419 e. The van der Waals surface area contributed by atoms with Crippen molar-refractivity contribution in [3.8, 4) is 0 Å². The van der Waals surface area contributed by atoms with E-state index in [2.05, 4.69) is 12.2 Å². The van der Waals surface area contributed by atoms with E-state index in [9.17, 15) is 9.59 Å². The van der Waals surface area contributed by atoms with E-state index in [-0.39, 0.29) is 11.8 Å². The second kappa shape index (κ2) is 5.40. The van der Waals surface area contributed by atoms with Crippen molar-refractivity contribution in [2.24, 2.45) is 7.05 Å². The summed E-state index contributed by atoms with van der Waals surface area (Å²) in [5, 5.41) is 2.88. The zero-order valence-corrected chi connectivity index (χ0v) is 13.6. The van der Waals surface area contributed by atoms with Gasteiger partial charge in [-0.3, -0.25) is 9.36 Å². The van der Waals surface area contributed by atoms with Gasteiger partial charge in [-0.25, -0.2) is 4.79 Å². The van der Waals surface area contributed by atoms with Crippen LogP contribution in [0, 0.1) is 0 Å². The van der Waals surface area contributed by atoms with E-state index in [0.717, 1.165) is 29.9 Å². The van der Waals surface area contributed by atoms with Crippen molar-refractivity contribution in [1.82, 2.24) is 4.57 Å². The van der Waals surface area contributed by atoms with Gasteiger partial charge in [-0.1, -0.05) is 6.92 Å². The number of benzene rings is 1. The molecule has 0 saturated heterocycles. The summed E-state index contributed by atoms with van der Waals surface area (Å²) < 4.78 is 12.6.